The number of nitrogens with two attached hydrogens (primary N) is 1. The predicted molar refractivity (Wildman–Crippen MR) is 53.4 cm³/mol. The first-order valence-electron chi connectivity index (χ1n) is 4.19. The summed E-state index contributed by atoms with van der Waals surface area (Å²) in [5, 5.41) is 0.782. The van der Waals surface area contributed by atoms with Crippen molar-refractivity contribution in [3.05, 3.63) is 34.3 Å². The van der Waals surface area contributed by atoms with Crippen molar-refractivity contribution in [2.75, 3.05) is 0 Å². The number of benzene rings is 1. The molecule has 0 spiro atoms. The Morgan fingerprint density at radius 2 is 2.17 bits per heavy atom. The molecule has 66 valence electrons. The van der Waals surface area contributed by atoms with Crippen LogP contribution in [0.1, 0.15) is 31.0 Å². The van der Waals surface area contributed by atoms with Gasteiger partial charge in [0.1, 0.15) is 0 Å². The highest BCUT2D eigenvalue weighted by molar-refractivity contribution is 6.31. The molecule has 1 nitrogen and oxygen atoms in total. The van der Waals surface area contributed by atoms with Crippen molar-refractivity contribution in [2.45, 2.75) is 26.3 Å². The second-order valence-electron chi connectivity index (χ2n) is 2.95. The monoisotopic (exact) mass is 183 g/mol. The van der Waals surface area contributed by atoms with Crippen LogP contribution in [-0.2, 0) is 6.42 Å². The summed E-state index contributed by atoms with van der Waals surface area (Å²) in [5.41, 5.74) is 8.14. The molecule has 0 amide bonds. The summed E-state index contributed by atoms with van der Waals surface area (Å²) in [6.45, 7) is 4.07. The summed E-state index contributed by atoms with van der Waals surface area (Å²) < 4.78 is 0. The first-order valence-corrected chi connectivity index (χ1v) is 4.57. The molecule has 1 atom stereocenters. The number of hydrogen-bond acceptors (Lipinski definition) is 1. The fourth-order valence-electron chi connectivity index (χ4n) is 1.40. The molecule has 0 saturated heterocycles. The van der Waals surface area contributed by atoms with Gasteiger partial charge in [0.15, 0.2) is 0 Å². The lowest BCUT2D eigenvalue weighted by Crippen LogP contribution is -2.08. The van der Waals surface area contributed by atoms with Gasteiger partial charge in [-0.05, 0) is 30.5 Å². The molecule has 0 unspecified atom stereocenters. The molecule has 12 heavy (non-hydrogen) atoms. The molecule has 0 aliphatic carbocycles. The van der Waals surface area contributed by atoms with Crippen LogP contribution in [-0.4, -0.2) is 0 Å². The average Bonchev–Trinajstić information content (AvgIpc) is 2.03. The van der Waals surface area contributed by atoms with Crippen LogP contribution >= 0.6 is 11.6 Å². The van der Waals surface area contributed by atoms with E-state index < -0.39 is 0 Å². The minimum atomic E-state index is 0.0219. The van der Waals surface area contributed by atoms with Crippen molar-refractivity contribution in [1.29, 1.82) is 0 Å². The van der Waals surface area contributed by atoms with Crippen LogP contribution < -0.4 is 5.73 Å². The van der Waals surface area contributed by atoms with Gasteiger partial charge in [-0.25, -0.2) is 0 Å². The van der Waals surface area contributed by atoms with E-state index >= 15 is 0 Å². The standard InChI is InChI=1S/C10H14ClN/c1-3-8-5-4-6-9(11)10(8)7(2)12/h4-7H,3,12H2,1-2H3/t7-/m1/s1. The molecule has 0 fully saturated rings. The van der Waals surface area contributed by atoms with Crippen molar-refractivity contribution in [3.63, 3.8) is 0 Å². The maximum atomic E-state index is 6.02. The molecule has 1 rings (SSSR count). The van der Waals surface area contributed by atoms with Crippen LogP contribution in [0.4, 0.5) is 0 Å². The predicted octanol–water partition coefficient (Wildman–Crippen LogP) is 2.92. The van der Waals surface area contributed by atoms with Gasteiger partial charge in [-0.3, -0.25) is 0 Å². The highest BCUT2D eigenvalue weighted by Crippen LogP contribution is 2.25. The van der Waals surface area contributed by atoms with Gasteiger partial charge in [-0.1, -0.05) is 30.7 Å². The lowest BCUT2D eigenvalue weighted by molar-refractivity contribution is 0.801. The Kier molecular flexibility index (Phi) is 3.12. The van der Waals surface area contributed by atoms with Crippen molar-refractivity contribution in [3.8, 4) is 0 Å². The quantitative estimate of drug-likeness (QED) is 0.750. The Bertz CT molecular complexity index is 269. The lowest BCUT2D eigenvalue weighted by atomic mass is 10.0. The maximum Gasteiger partial charge on any atom is 0.0456 e. The van der Waals surface area contributed by atoms with Gasteiger partial charge >= 0.3 is 0 Å². The molecule has 0 bridgehead atoms. The molecule has 0 radical (unpaired) electrons. The molecular formula is C10H14ClN. The Hall–Kier alpha value is -0.530. The Morgan fingerprint density at radius 1 is 1.50 bits per heavy atom. The van der Waals surface area contributed by atoms with Crippen molar-refractivity contribution in [1.82, 2.24) is 0 Å². The molecule has 1 aromatic carbocycles. The first-order chi connectivity index (χ1) is 5.66. The van der Waals surface area contributed by atoms with Crippen LogP contribution in [0.2, 0.25) is 5.02 Å². The van der Waals surface area contributed by atoms with E-state index in [1.807, 2.05) is 19.1 Å². The van der Waals surface area contributed by atoms with E-state index in [0.29, 0.717) is 0 Å². The second kappa shape index (κ2) is 3.92. The van der Waals surface area contributed by atoms with Crippen LogP contribution in [0, 0.1) is 0 Å². The molecule has 2 heteroatoms. The van der Waals surface area contributed by atoms with Gasteiger partial charge in [0.2, 0.25) is 0 Å². The molecule has 0 aromatic heterocycles. The summed E-state index contributed by atoms with van der Waals surface area (Å²) >= 11 is 6.02. The van der Waals surface area contributed by atoms with E-state index in [1.165, 1.54) is 5.56 Å². The molecule has 0 aliphatic heterocycles. The topological polar surface area (TPSA) is 26.0 Å². The number of hydrogen-bond donors (Lipinski definition) is 1. The third-order valence-corrected chi connectivity index (χ3v) is 2.31. The molecule has 0 saturated carbocycles. The largest absolute Gasteiger partial charge is 0.324 e. The van der Waals surface area contributed by atoms with E-state index in [-0.39, 0.29) is 6.04 Å². The third kappa shape index (κ3) is 1.79. The average molecular weight is 184 g/mol. The lowest BCUT2D eigenvalue weighted by Gasteiger charge is -2.12. The third-order valence-electron chi connectivity index (χ3n) is 1.98. The summed E-state index contributed by atoms with van der Waals surface area (Å²) in [6, 6.07) is 5.95. The Labute approximate surface area is 78.5 Å². The minimum Gasteiger partial charge on any atom is -0.324 e. The Balaban J connectivity index is 3.20. The van der Waals surface area contributed by atoms with Crippen LogP contribution in [0.5, 0.6) is 0 Å². The van der Waals surface area contributed by atoms with Gasteiger partial charge in [0.25, 0.3) is 0 Å². The molecule has 1 aromatic rings. The smallest absolute Gasteiger partial charge is 0.0456 e. The summed E-state index contributed by atoms with van der Waals surface area (Å²) in [7, 11) is 0. The summed E-state index contributed by atoms with van der Waals surface area (Å²) in [6.07, 6.45) is 0.984. The van der Waals surface area contributed by atoms with Gasteiger partial charge in [0, 0.05) is 11.1 Å². The van der Waals surface area contributed by atoms with Crippen molar-refractivity contribution < 1.29 is 0 Å². The highest BCUT2D eigenvalue weighted by Gasteiger charge is 2.08. The highest BCUT2D eigenvalue weighted by atomic mass is 35.5. The van der Waals surface area contributed by atoms with Gasteiger partial charge in [-0.2, -0.15) is 0 Å². The number of rotatable bonds is 2. The zero-order valence-corrected chi connectivity index (χ0v) is 8.23. The van der Waals surface area contributed by atoms with E-state index in [2.05, 4.69) is 13.0 Å². The molecule has 0 heterocycles. The zero-order valence-electron chi connectivity index (χ0n) is 7.47. The summed E-state index contributed by atoms with van der Waals surface area (Å²) in [4.78, 5) is 0. The van der Waals surface area contributed by atoms with E-state index in [9.17, 15) is 0 Å². The first kappa shape index (κ1) is 9.56. The van der Waals surface area contributed by atoms with E-state index in [1.54, 1.807) is 0 Å². The Morgan fingerprint density at radius 3 is 2.58 bits per heavy atom. The number of halogens is 1. The van der Waals surface area contributed by atoms with E-state index in [4.69, 9.17) is 17.3 Å². The van der Waals surface area contributed by atoms with Crippen LogP contribution in [0.25, 0.3) is 0 Å². The number of aryl methyl sites for hydroxylation is 1. The summed E-state index contributed by atoms with van der Waals surface area (Å²) in [5.74, 6) is 0. The van der Waals surface area contributed by atoms with Crippen molar-refractivity contribution in [2.24, 2.45) is 5.73 Å². The van der Waals surface area contributed by atoms with Crippen LogP contribution in [0.15, 0.2) is 18.2 Å². The second-order valence-corrected chi connectivity index (χ2v) is 3.36. The molecule has 0 aliphatic rings. The normalized spacial score (nSPS) is 13.0. The maximum absolute atomic E-state index is 6.02. The van der Waals surface area contributed by atoms with Gasteiger partial charge in [-0.15, -0.1) is 0 Å². The zero-order chi connectivity index (χ0) is 9.14. The molecular weight excluding hydrogens is 170 g/mol. The molecule has 2 N–H and O–H groups in total. The van der Waals surface area contributed by atoms with Crippen molar-refractivity contribution >= 4 is 11.6 Å². The van der Waals surface area contributed by atoms with Crippen LogP contribution in [0.3, 0.4) is 0 Å². The van der Waals surface area contributed by atoms with Gasteiger partial charge in [0.05, 0.1) is 0 Å². The fraction of sp³-hybridized carbons (Fsp3) is 0.400. The minimum absolute atomic E-state index is 0.0219. The van der Waals surface area contributed by atoms with Gasteiger partial charge < -0.3 is 5.73 Å². The SMILES string of the molecule is CCc1cccc(Cl)c1[C@@H](C)N. The fourth-order valence-corrected chi connectivity index (χ4v) is 1.77. The van der Waals surface area contributed by atoms with E-state index in [0.717, 1.165) is 17.0 Å².